The van der Waals surface area contributed by atoms with Gasteiger partial charge in [0.2, 0.25) is 0 Å². The number of hydrogen-bond donors (Lipinski definition) is 2. The highest BCUT2D eigenvalue weighted by Gasteiger charge is 2.28. The van der Waals surface area contributed by atoms with Crippen LogP contribution in [0.1, 0.15) is 13.3 Å². The van der Waals surface area contributed by atoms with Gasteiger partial charge in [0.05, 0.1) is 6.10 Å². The van der Waals surface area contributed by atoms with Gasteiger partial charge >= 0.3 is 0 Å². The normalized spacial score (nSPS) is 23.3. The van der Waals surface area contributed by atoms with Gasteiger partial charge in [0.25, 0.3) is 0 Å². The molecule has 19 heavy (non-hydrogen) atoms. The van der Waals surface area contributed by atoms with Crippen molar-refractivity contribution in [3.05, 3.63) is 36.5 Å². The number of hydrogen-bond acceptors (Lipinski definition) is 3. The van der Waals surface area contributed by atoms with E-state index in [0.717, 1.165) is 18.6 Å². The summed E-state index contributed by atoms with van der Waals surface area (Å²) in [6.07, 6.45) is 2.81. The van der Waals surface area contributed by atoms with Gasteiger partial charge in [0.1, 0.15) is 5.82 Å². The molecule has 1 fully saturated rings. The Bertz CT molecular complexity index is 458. The third-order valence-electron chi connectivity index (χ3n) is 3.12. The van der Waals surface area contributed by atoms with Crippen LogP contribution in [0.25, 0.3) is 0 Å². The number of guanidine groups is 1. The molecule has 2 rings (SSSR count). The summed E-state index contributed by atoms with van der Waals surface area (Å²) in [5, 5.41) is 2.96. The molecule has 5 heteroatoms. The van der Waals surface area contributed by atoms with Crippen LogP contribution < -0.4 is 11.1 Å². The summed E-state index contributed by atoms with van der Waals surface area (Å²) >= 11 is 0. The second-order valence-corrected chi connectivity index (χ2v) is 4.75. The predicted octanol–water partition coefficient (Wildman–Crippen LogP) is 1.79. The van der Waals surface area contributed by atoms with E-state index < -0.39 is 0 Å². The minimum atomic E-state index is 0.103. The molecule has 1 aromatic heterocycles. The highest BCUT2D eigenvalue weighted by molar-refractivity contribution is 5.91. The van der Waals surface area contributed by atoms with Crippen molar-refractivity contribution in [3.63, 3.8) is 0 Å². The Morgan fingerprint density at radius 1 is 1.63 bits per heavy atom. The molecular formula is C14H20N4O. The van der Waals surface area contributed by atoms with Crippen molar-refractivity contribution >= 4 is 11.8 Å². The van der Waals surface area contributed by atoms with Crippen molar-refractivity contribution in [1.82, 2.24) is 4.98 Å². The topological polar surface area (TPSA) is 72.5 Å². The SMILES string of the molecule is C=C(C)C1OCCC1CN=C(N)Nc1ccccn1. The molecular weight excluding hydrogens is 240 g/mol. The van der Waals surface area contributed by atoms with Crippen molar-refractivity contribution in [1.29, 1.82) is 0 Å². The lowest BCUT2D eigenvalue weighted by Crippen LogP contribution is -2.26. The van der Waals surface area contributed by atoms with Crippen molar-refractivity contribution in [2.75, 3.05) is 18.5 Å². The van der Waals surface area contributed by atoms with Crippen molar-refractivity contribution in [3.8, 4) is 0 Å². The zero-order valence-electron chi connectivity index (χ0n) is 11.2. The summed E-state index contributed by atoms with van der Waals surface area (Å²) in [5.74, 6) is 1.44. The van der Waals surface area contributed by atoms with E-state index in [-0.39, 0.29) is 6.10 Å². The van der Waals surface area contributed by atoms with Gasteiger partial charge in [0, 0.05) is 25.3 Å². The average molecular weight is 260 g/mol. The Balaban J connectivity index is 1.89. The van der Waals surface area contributed by atoms with Gasteiger partial charge in [-0.1, -0.05) is 18.2 Å². The van der Waals surface area contributed by atoms with Crippen LogP contribution >= 0.6 is 0 Å². The Morgan fingerprint density at radius 3 is 3.16 bits per heavy atom. The Kier molecular flexibility index (Phi) is 4.52. The molecule has 0 aromatic carbocycles. The van der Waals surface area contributed by atoms with E-state index in [1.807, 2.05) is 25.1 Å². The van der Waals surface area contributed by atoms with Gasteiger partial charge in [0.15, 0.2) is 5.96 Å². The number of aromatic nitrogens is 1. The number of ether oxygens (including phenoxy) is 1. The zero-order valence-corrected chi connectivity index (χ0v) is 11.2. The monoisotopic (exact) mass is 260 g/mol. The van der Waals surface area contributed by atoms with Crippen molar-refractivity contribution < 1.29 is 4.74 Å². The zero-order chi connectivity index (χ0) is 13.7. The first-order chi connectivity index (χ1) is 9.16. The first-order valence-electron chi connectivity index (χ1n) is 6.42. The molecule has 2 unspecified atom stereocenters. The summed E-state index contributed by atoms with van der Waals surface area (Å²) in [6.45, 7) is 7.35. The van der Waals surface area contributed by atoms with E-state index in [1.54, 1.807) is 6.20 Å². The number of nitrogens with one attached hydrogen (secondary N) is 1. The van der Waals surface area contributed by atoms with Gasteiger partial charge in [-0.25, -0.2) is 4.98 Å². The molecule has 1 aromatic rings. The largest absolute Gasteiger partial charge is 0.374 e. The molecule has 0 bridgehead atoms. The van der Waals surface area contributed by atoms with Gasteiger partial charge in [-0.15, -0.1) is 0 Å². The lowest BCUT2D eigenvalue weighted by atomic mass is 9.97. The number of anilines is 1. The third kappa shape index (κ3) is 3.79. The lowest BCUT2D eigenvalue weighted by molar-refractivity contribution is 0.120. The average Bonchev–Trinajstić information content (AvgIpc) is 2.86. The van der Waals surface area contributed by atoms with Gasteiger partial charge in [-0.05, 0) is 25.5 Å². The van der Waals surface area contributed by atoms with Crippen LogP contribution in [0.4, 0.5) is 5.82 Å². The maximum Gasteiger partial charge on any atom is 0.194 e. The molecule has 3 N–H and O–H groups in total. The fourth-order valence-electron chi connectivity index (χ4n) is 2.19. The maximum absolute atomic E-state index is 5.84. The van der Waals surface area contributed by atoms with Gasteiger partial charge in [-0.2, -0.15) is 0 Å². The van der Waals surface area contributed by atoms with E-state index in [4.69, 9.17) is 10.5 Å². The number of aliphatic imine (C=N–C) groups is 1. The quantitative estimate of drug-likeness (QED) is 0.492. The molecule has 1 aliphatic rings. The van der Waals surface area contributed by atoms with Gasteiger partial charge < -0.3 is 15.8 Å². The van der Waals surface area contributed by atoms with E-state index in [9.17, 15) is 0 Å². The Morgan fingerprint density at radius 2 is 2.47 bits per heavy atom. The fraction of sp³-hybridized carbons (Fsp3) is 0.429. The Labute approximate surface area is 113 Å². The van der Waals surface area contributed by atoms with Crippen LogP contribution in [0.15, 0.2) is 41.5 Å². The molecule has 102 valence electrons. The summed E-state index contributed by atoms with van der Waals surface area (Å²) in [7, 11) is 0. The fourth-order valence-corrected chi connectivity index (χ4v) is 2.19. The second kappa shape index (κ2) is 6.33. The predicted molar refractivity (Wildman–Crippen MR) is 77.0 cm³/mol. The van der Waals surface area contributed by atoms with E-state index in [1.165, 1.54) is 0 Å². The molecule has 0 saturated carbocycles. The van der Waals surface area contributed by atoms with Crippen LogP contribution in [-0.2, 0) is 4.74 Å². The summed E-state index contributed by atoms with van der Waals surface area (Å²) in [5.41, 5.74) is 6.89. The van der Waals surface area contributed by atoms with Gasteiger partial charge in [-0.3, -0.25) is 4.99 Å². The van der Waals surface area contributed by atoms with Crippen LogP contribution in [0.2, 0.25) is 0 Å². The maximum atomic E-state index is 5.84. The molecule has 5 nitrogen and oxygen atoms in total. The number of pyridine rings is 1. The minimum Gasteiger partial charge on any atom is -0.374 e. The van der Waals surface area contributed by atoms with Crippen molar-refractivity contribution in [2.24, 2.45) is 16.6 Å². The Hall–Kier alpha value is -1.88. The lowest BCUT2D eigenvalue weighted by Gasteiger charge is -2.16. The molecule has 1 aliphatic heterocycles. The first-order valence-corrected chi connectivity index (χ1v) is 6.42. The summed E-state index contributed by atoms with van der Waals surface area (Å²) in [4.78, 5) is 8.49. The van der Waals surface area contributed by atoms with Crippen LogP contribution in [0.5, 0.6) is 0 Å². The standard InChI is InChI=1S/C14H20N4O/c1-10(2)13-11(6-8-19-13)9-17-14(15)18-12-5-3-4-7-16-12/h3-5,7,11,13H,1,6,8-9H2,2H3,(H3,15,16,17,18). The molecule has 1 saturated heterocycles. The van der Waals surface area contributed by atoms with E-state index in [0.29, 0.717) is 24.2 Å². The molecule has 2 heterocycles. The molecule has 0 aliphatic carbocycles. The van der Waals surface area contributed by atoms with E-state index >= 15 is 0 Å². The summed E-state index contributed by atoms with van der Waals surface area (Å²) < 4.78 is 5.64. The van der Waals surface area contributed by atoms with Crippen LogP contribution in [0.3, 0.4) is 0 Å². The highest BCUT2D eigenvalue weighted by atomic mass is 16.5. The van der Waals surface area contributed by atoms with Crippen LogP contribution in [0, 0.1) is 5.92 Å². The molecule has 0 radical (unpaired) electrons. The molecule has 0 spiro atoms. The number of rotatable bonds is 4. The van der Waals surface area contributed by atoms with Crippen LogP contribution in [-0.4, -0.2) is 30.2 Å². The number of nitrogens with two attached hydrogens (primary N) is 1. The molecule has 2 atom stereocenters. The minimum absolute atomic E-state index is 0.103. The van der Waals surface area contributed by atoms with E-state index in [2.05, 4.69) is 21.9 Å². The summed E-state index contributed by atoms with van der Waals surface area (Å²) in [6, 6.07) is 5.59. The smallest absolute Gasteiger partial charge is 0.194 e. The molecule has 0 amide bonds. The second-order valence-electron chi connectivity index (χ2n) is 4.75. The third-order valence-corrected chi connectivity index (χ3v) is 3.12. The first kappa shape index (κ1) is 13.5. The highest BCUT2D eigenvalue weighted by Crippen LogP contribution is 2.25. The van der Waals surface area contributed by atoms with Crippen molar-refractivity contribution in [2.45, 2.75) is 19.4 Å². The number of nitrogens with zero attached hydrogens (tertiary/aromatic N) is 2.